The molecule has 1 fully saturated rings. The highest BCUT2D eigenvalue weighted by Crippen LogP contribution is 2.23. The molecule has 0 radical (unpaired) electrons. The molecule has 3 aromatic rings. The van der Waals surface area contributed by atoms with Gasteiger partial charge in [-0.3, -0.25) is 9.59 Å². The second-order valence-electron chi connectivity index (χ2n) is 6.03. The van der Waals surface area contributed by atoms with Gasteiger partial charge in [0.15, 0.2) is 0 Å². The van der Waals surface area contributed by atoms with Crippen LogP contribution < -0.4 is 5.56 Å². The number of hydrogen-bond acceptors (Lipinski definition) is 3. The van der Waals surface area contributed by atoms with Crippen molar-refractivity contribution in [1.29, 1.82) is 0 Å². The first kappa shape index (κ1) is 15.0. The minimum absolute atomic E-state index is 0.0352. The molecule has 122 valence electrons. The van der Waals surface area contributed by atoms with Crippen molar-refractivity contribution in [1.82, 2.24) is 19.7 Å². The number of nitrogens with zero attached hydrogens (tertiary/aromatic N) is 3. The second kappa shape index (κ2) is 5.79. The van der Waals surface area contributed by atoms with E-state index in [1.807, 2.05) is 18.2 Å². The molecule has 4 rings (SSSR count). The van der Waals surface area contributed by atoms with Gasteiger partial charge in [-0.25, -0.2) is 4.68 Å². The van der Waals surface area contributed by atoms with E-state index in [0.29, 0.717) is 30.4 Å². The topological polar surface area (TPSA) is 71.0 Å². The van der Waals surface area contributed by atoms with Gasteiger partial charge in [0.1, 0.15) is 5.69 Å². The van der Waals surface area contributed by atoms with Crippen LogP contribution in [0, 0.1) is 5.92 Å². The van der Waals surface area contributed by atoms with E-state index in [9.17, 15) is 9.59 Å². The number of halogens is 1. The number of amides is 1. The van der Waals surface area contributed by atoms with Crippen molar-refractivity contribution in [2.45, 2.75) is 6.54 Å². The van der Waals surface area contributed by atoms with Crippen LogP contribution in [0.1, 0.15) is 10.5 Å². The molecule has 0 spiro atoms. The Morgan fingerprint density at radius 3 is 2.92 bits per heavy atom. The van der Waals surface area contributed by atoms with E-state index in [1.54, 1.807) is 23.2 Å². The maximum absolute atomic E-state index is 12.5. The van der Waals surface area contributed by atoms with Crippen molar-refractivity contribution in [3.8, 4) is 0 Å². The summed E-state index contributed by atoms with van der Waals surface area (Å²) in [5, 5.41) is 5.61. The number of aromatic nitrogens is 3. The molecule has 0 aliphatic carbocycles. The third-order valence-corrected chi connectivity index (χ3v) is 4.51. The summed E-state index contributed by atoms with van der Waals surface area (Å²) in [6, 6.07) is 10.4. The Morgan fingerprint density at radius 2 is 2.12 bits per heavy atom. The summed E-state index contributed by atoms with van der Waals surface area (Å²) in [6.07, 6.45) is 1.60. The van der Waals surface area contributed by atoms with E-state index in [1.165, 1.54) is 10.7 Å². The summed E-state index contributed by atoms with van der Waals surface area (Å²) < 4.78 is 1.44. The first-order chi connectivity index (χ1) is 11.6. The van der Waals surface area contributed by atoms with Gasteiger partial charge in [-0.2, -0.15) is 5.10 Å². The van der Waals surface area contributed by atoms with E-state index in [0.717, 1.165) is 10.9 Å². The van der Waals surface area contributed by atoms with Gasteiger partial charge in [0.2, 0.25) is 0 Å². The highest BCUT2D eigenvalue weighted by molar-refractivity contribution is 6.31. The van der Waals surface area contributed by atoms with Crippen LogP contribution in [-0.2, 0) is 6.54 Å². The number of nitrogens with one attached hydrogen (secondary N) is 1. The molecule has 1 amide bonds. The third-order valence-electron chi connectivity index (χ3n) is 4.27. The lowest BCUT2D eigenvalue weighted by molar-refractivity contribution is 0.0453. The number of likely N-dealkylation sites (tertiary alicyclic amines) is 1. The molecule has 0 atom stereocenters. The molecule has 7 heteroatoms. The lowest BCUT2D eigenvalue weighted by Gasteiger charge is -2.38. The van der Waals surface area contributed by atoms with E-state index in [2.05, 4.69) is 10.1 Å². The summed E-state index contributed by atoms with van der Waals surface area (Å²) in [7, 11) is 0. The van der Waals surface area contributed by atoms with Crippen molar-refractivity contribution in [3.63, 3.8) is 0 Å². The maximum atomic E-state index is 12.5. The lowest BCUT2D eigenvalue weighted by atomic mass is 10.00. The molecule has 3 heterocycles. The summed E-state index contributed by atoms with van der Waals surface area (Å²) in [5.41, 5.74) is 1.33. The summed E-state index contributed by atoms with van der Waals surface area (Å²) in [4.78, 5) is 29.1. The van der Waals surface area contributed by atoms with Gasteiger partial charge in [-0.1, -0.05) is 11.6 Å². The van der Waals surface area contributed by atoms with Gasteiger partial charge in [0, 0.05) is 47.2 Å². The Labute approximate surface area is 142 Å². The van der Waals surface area contributed by atoms with Crippen LogP contribution in [0.5, 0.6) is 0 Å². The number of benzene rings is 1. The van der Waals surface area contributed by atoms with Crippen LogP contribution in [0.15, 0.2) is 47.4 Å². The number of aromatic amines is 1. The summed E-state index contributed by atoms with van der Waals surface area (Å²) >= 11 is 5.97. The molecule has 0 saturated carbocycles. The highest BCUT2D eigenvalue weighted by Gasteiger charge is 2.32. The molecule has 1 aliphatic rings. The first-order valence-electron chi connectivity index (χ1n) is 7.70. The zero-order valence-corrected chi connectivity index (χ0v) is 13.5. The minimum atomic E-state index is -0.116. The Bertz CT molecular complexity index is 972. The van der Waals surface area contributed by atoms with Gasteiger partial charge in [-0.15, -0.1) is 0 Å². The average molecular weight is 343 g/mol. The number of H-pyrrole nitrogens is 1. The smallest absolute Gasteiger partial charge is 0.270 e. The Balaban J connectivity index is 1.43. The van der Waals surface area contributed by atoms with Gasteiger partial charge < -0.3 is 9.88 Å². The summed E-state index contributed by atoms with van der Waals surface area (Å²) in [5.74, 6) is 0.215. The zero-order valence-electron chi connectivity index (χ0n) is 12.8. The molecular formula is C17H15ClN4O2. The lowest BCUT2D eigenvalue weighted by Crippen LogP contribution is -2.52. The summed E-state index contributed by atoms with van der Waals surface area (Å²) in [6.45, 7) is 1.78. The van der Waals surface area contributed by atoms with Gasteiger partial charge in [0.05, 0.1) is 6.54 Å². The van der Waals surface area contributed by atoms with E-state index < -0.39 is 0 Å². The number of rotatable bonds is 3. The van der Waals surface area contributed by atoms with Gasteiger partial charge in [-0.05, 0) is 30.3 Å². The quantitative estimate of drug-likeness (QED) is 0.792. The molecular weight excluding hydrogens is 328 g/mol. The largest absolute Gasteiger partial charge is 0.351 e. The van der Waals surface area contributed by atoms with Crippen molar-refractivity contribution in [3.05, 3.63) is 63.7 Å². The molecule has 2 aromatic heterocycles. The Kier molecular flexibility index (Phi) is 3.61. The van der Waals surface area contributed by atoms with Crippen LogP contribution in [0.2, 0.25) is 5.02 Å². The van der Waals surface area contributed by atoms with Crippen LogP contribution in [-0.4, -0.2) is 38.7 Å². The van der Waals surface area contributed by atoms with Crippen molar-refractivity contribution in [2.75, 3.05) is 13.1 Å². The fourth-order valence-corrected chi connectivity index (χ4v) is 3.19. The minimum Gasteiger partial charge on any atom is -0.351 e. The fourth-order valence-electron chi connectivity index (χ4n) is 3.01. The molecule has 0 unspecified atom stereocenters. The SMILES string of the molecule is O=C(c1cc2cc(Cl)ccc2[nH]1)N1CC(Cn2ncccc2=O)C1. The predicted octanol–water partition coefficient (Wildman–Crippen LogP) is 2.15. The Morgan fingerprint density at radius 1 is 1.29 bits per heavy atom. The molecule has 0 bridgehead atoms. The molecule has 1 aliphatic heterocycles. The average Bonchev–Trinajstić information content (AvgIpc) is 2.94. The Hall–Kier alpha value is -2.60. The fraction of sp³-hybridized carbons (Fsp3) is 0.235. The van der Waals surface area contributed by atoms with Crippen LogP contribution in [0.25, 0.3) is 10.9 Å². The van der Waals surface area contributed by atoms with E-state index in [-0.39, 0.29) is 17.4 Å². The van der Waals surface area contributed by atoms with Crippen LogP contribution in [0.3, 0.4) is 0 Å². The predicted molar refractivity (Wildman–Crippen MR) is 91.2 cm³/mol. The molecule has 1 saturated heterocycles. The van der Waals surface area contributed by atoms with Gasteiger partial charge in [0.25, 0.3) is 11.5 Å². The van der Waals surface area contributed by atoms with E-state index in [4.69, 9.17) is 11.6 Å². The van der Waals surface area contributed by atoms with E-state index >= 15 is 0 Å². The normalized spacial score (nSPS) is 14.8. The van der Waals surface area contributed by atoms with Crippen molar-refractivity contribution in [2.24, 2.45) is 5.92 Å². The second-order valence-corrected chi connectivity index (χ2v) is 6.47. The number of carbonyl (C=O) groups is 1. The molecule has 1 N–H and O–H groups in total. The molecule has 1 aromatic carbocycles. The van der Waals surface area contributed by atoms with Crippen LogP contribution in [0.4, 0.5) is 0 Å². The first-order valence-corrected chi connectivity index (χ1v) is 8.07. The number of hydrogen-bond donors (Lipinski definition) is 1. The van der Waals surface area contributed by atoms with Gasteiger partial charge >= 0.3 is 0 Å². The van der Waals surface area contributed by atoms with Crippen molar-refractivity contribution >= 4 is 28.4 Å². The maximum Gasteiger partial charge on any atom is 0.270 e. The number of fused-ring (bicyclic) bond motifs is 1. The monoisotopic (exact) mass is 342 g/mol. The third kappa shape index (κ3) is 2.69. The van der Waals surface area contributed by atoms with Crippen LogP contribution >= 0.6 is 11.6 Å². The molecule has 24 heavy (non-hydrogen) atoms. The number of carbonyl (C=O) groups excluding carboxylic acids is 1. The highest BCUT2D eigenvalue weighted by atomic mass is 35.5. The standard InChI is InChI=1S/C17H15ClN4O2/c18-13-3-4-14-12(6-13)7-15(20-14)17(24)21-8-11(9-21)10-22-16(23)2-1-5-19-22/h1-7,11,20H,8-10H2. The zero-order chi connectivity index (χ0) is 16.7. The molecule has 6 nitrogen and oxygen atoms in total. The van der Waals surface area contributed by atoms with Crippen molar-refractivity contribution < 1.29 is 4.79 Å².